The van der Waals surface area contributed by atoms with E-state index in [9.17, 15) is 9.59 Å². The first kappa shape index (κ1) is 15.8. The van der Waals surface area contributed by atoms with Gasteiger partial charge in [-0.25, -0.2) is 4.79 Å². The predicted octanol–water partition coefficient (Wildman–Crippen LogP) is 2.01. The Hall–Kier alpha value is -1.30. The maximum absolute atomic E-state index is 11.2. The molecule has 5 nitrogen and oxygen atoms in total. The standard InChI is InChI=1S/C12H15Cl2N3O2/c1-17(6-5-10(18)16-12(15)19)7-8-3-2-4-9(13)11(8)14/h2-4H,5-7H2,1H3,(H3,15,16,18,19). The summed E-state index contributed by atoms with van der Waals surface area (Å²) in [6, 6.07) is 4.56. The summed E-state index contributed by atoms with van der Waals surface area (Å²) in [6.07, 6.45) is 0.178. The van der Waals surface area contributed by atoms with Crippen molar-refractivity contribution in [2.75, 3.05) is 13.6 Å². The third-order valence-electron chi connectivity index (χ3n) is 2.46. The number of nitrogens with zero attached hydrogens (tertiary/aromatic N) is 1. The number of carbonyl (C=O) groups excluding carboxylic acids is 2. The minimum atomic E-state index is -0.842. The van der Waals surface area contributed by atoms with Crippen LogP contribution in [0, 0.1) is 0 Å². The number of carbonyl (C=O) groups is 2. The molecule has 0 atom stereocenters. The van der Waals surface area contributed by atoms with Crippen molar-refractivity contribution in [2.45, 2.75) is 13.0 Å². The molecule has 0 bridgehead atoms. The van der Waals surface area contributed by atoms with Crippen LogP contribution in [0.4, 0.5) is 4.79 Å². The van der Waals surface area contributed by atoms with Crippen molar-refractivity contribution in [3.63, 3.8) is 0 Å². The quantitative estimate of drug-likeness (QED) is 0.873. The number of nitrogens with one attached hydrogen (secondary N) is 1. The normalized spacial score (nSPS) is 10.5. The van der Waals surface area contributed by atoms with Gasteiger partial charge in [-0.05, 0) is 18.7 Å². The Balaban J connectivity index is 2.47. The Kier molecular flexibility index (Phi) is 6.08. The van der Waals surface area contributed by atoms with Gasteiger partial charge in [0.25, 0.3) is 0 Å². The van der Waals surface area contributed by atoms with Gasteiger partial charge < -0.3 is 10.6 Å². The molecule has 0 radical (unpaired) electrons. The fourth-order valence-electron chi connectivity index (χ4n) is 1.53. The van der Waals surface area contributed by atoms with E-state index >= 15 is 0 Å². The maximum atomic E-state index is 11.2. The van der Waals surface area contributed by atoms with Crippen molar-refractivity contribution in [1.29, 1.82) is 0 Å². The number of benzene rings is 1. The van der Waals surface area contributed by atoms with Gasteiger partial charge in [0.2, 0.25) is 5.91 Å². The van der Waals surface area contributed by atoms with Crippen molar-refractivity contribution >= 4 is 35.1 Å². The molecule has 3 N–H and O–H groups in total. The van der Waals surface area contributed by atoms with Crippen molar-refractivity contribution in [3.05, 3.63) is 33.8 Å². The summed E-state index contributed by atoms with van der Waals surface area (Å²) in [5, 5.41) is 3.02. The Labute approximate surface area is 121 Å². The van der Waals surface area contributed by atoms with E-state index in [4.69, 9.17) is 28.9 Å². The molecule has 0 saturated carbocycles. The van der Waals surface area contributed by atoms with Gasteiger partial charge in [0.15, 0.2) is 0 Å². The van der Waals surface area contributed by atoms with E-state index < -0.39 is 11.9 Å². The highest BCUT2D eigenvalue weighted by Crippen LogP contribution is 2.26. The average molecular weight is 304 g/mol. The fourth-order valence-corrected chi connectivity index (χ4v) is 1.91. The molecule has 1 rings (SSSR count). The molecule has 1 aromatic carbocycles. The lowest BCUT2D eigenvalue weighted by atomic mass is 10.2. The zero-order chi connectivity index (χ0) is 14.4. The SMILES string of the molecule is CN(CCC(=O)NC(N)=O)Cc1cccc(Cl)c1Cl. The van der Waals surface area contributed by atoms with Gasteiger partial charge in [-0.3, -0.25) is 10.1 Å². The van der Waals surface area contributed by atoms with Crippen molar-refractivity contribution in [1.82, 2.24) is 10.2 Å². The summed E-state index contributed by atoms with van der Waals surface area (Å²) in [5.74, 6) is -0.406. The maximum Gasteiger partial charge on any atom is 0.318 e. The van der Waals surface area contributed by atoms with Crippen molar-refractivity contribution in [2.24, 2.45) is 5.73 Å². The molecule has 0 unspecified atom stereocenters. The van der Waals surface area contributed by atoms with Crippen LogP contribution in [0.5, 0.6) is 0 Å². The molecular formula is C12H15Cl2N3O2. The molecular weight excluding hydrogens is 289 g/mol. The lowest BCUT2D eigenvalue weighted by Gasteiger charge is -2.17. The number of rotatable bonds is 5. The second-order valence-electron chi connectivity index (χ2n) is 4.11. The number of hydrogen-bond acceptors (Lipinski definition) is 3. The molecule has 7 heteroatoms. The van der Waals surface area contributed by atoms with Gasteiger partial charge in [0.1, 0.15) is 0 Å². The van der Waals surface area contributed by atoms with E-state index in [1.807, 2.05) is 29.4 Å². The summed E-state index contributed by atoms with van der Waals surface area (Å²) in [5.41, 5.74) is 5.72. The highest BCUT2D eigenvalue weighted by molar-refractivity contribution is 6.42. The van der Waals surface area contributed by atoms with Crippen LogP contribution in [-0.4, -0.2) is 30.4 Å². The Morgan fingerprint density at radius 3 is 2.68 bits per heavy atom. The van der Waals surface area contributed by atoms with Crippen LogP contribution in [0.2, 0.25) is 10.0 Å². The number of nitrogens with two attached hydrogens (primary N) is 1. The molecule has 0 aliphatic heterocycles. The number of urea groups is 1. The minimum Gasteiger partial charge on any atom is -0.351 e. The van der Waals surface area contributed by atoms with Crippen LogP contribution in [0.3, 0.4) is 0 Å². The van der Waals surface area contributed by atoms with Crippen molar-refractivity contribution < 1.29 is 9.59 Å². The third-order valence-corrected chi connectivity index (χ3v) is 3.31. The second-order valence-corrected chi connectivity index (χ2v) is 4.90. The first-order chi connectivity index (χ1) is 8.90. The van der Waals surface area contributed by atoms with Crippen LogP contribution < -0.4 is 11.1 Å². The average Bonchev–Trinajstić information content (AvgIpc) is 2.32. The van der Waals surface area contributed by atoms with Crippen LogP contribution in [0.15, 0.2) is 18.2 Å². The molecule has 19 heavy (non-hydrogen) atoms. The molecule has 0 aliphatic carbocycles. The lowest BCUT2D eigenvalue weighted by molar-refractivity contribution is -0.120. The second kappa shape index (κ2) is 7.33. The summed E-state index contributed by atoms with van der Waals surface area (Å²) >= 11 is 12.0. The van der Waals surface area contributed by atoms with Gasteiger partial charge >= 0.3 is 6.03 Å². The van der Waals surface area contributed by atoms with Gasteiger partial charge in [0, 0.05) is 19.5 Å². The van der Waals surface area contributed by atoms with E-state index in [2.05, 4.69) is 0 Å². The van der Waals surface area contributed by atoms with Gasteiger partial charge in [-0.2, -0.15) is 0 Å². The van der Waals surface area contributed by atoms with E-state index in [1.165, 1.54) is 0 Å². The van der Waals surface area contributed by atoms with E-state index in [-0.39, 0.29) is 6.42 Å². The molecule has 0 saturated heterocycles. The topological polar surface area (TPSA) is 75.4 Å². The summed E-state index contributed by atoms with van der Waals surface area (Å²) in [6.45, 7) is 1.03. The highest BCUT2D eigenvalue weighted by Gasteiger charge is 2.09. The summed E-state index contributed by atoms with van der Waals surface area (Å²) in [7, 11) is 1.84. The van der Waals surface area contributed by atoms with Crippen LogP contribution >= 0.6 is 23.2 Å². The Bertz CT molecular complexity index is 480. The number of halogens is 2. The number of primary amides is 1. The molecule has 3 amide bonds. The predicted molar refractivity (Wildman–Crippen MR) is 75.1 cm³/mol. The largest absolute Gasteiger partial charge is 0.351 e. The summed E-state index contributed by atoms with van der Waals surface area (Å²) < 4.78 is 0. The van der Waals surface area contributed by atoms with E-state index in [0.29, 0.717) is 23.1 Å². The van der Waals surface area contributed by atoms with E-state index in [1.54, 1.807) is 6.07 Å². The monoisotopic (exact) mass is 303 g/mol. The smallest absolute Gasteiger partial charge is 0.318 e. The molecule has 0 fully saturated rings. The first-order valence-electron chi connectivity index (χ1n) is 5.61. The third kappa shape index (κ3) is 5.46. The zero-order valence-electron chi connectivity index (χ0n) is 10.5. The molecule has 0 aromatic heterocycles. The van der Waals surface area contributed by atoms with Crippen LogP contribution in [0.25, 0.3) is 0 Å². The zero-order valence-corrected chi connectivity index (χ0v) is 12.0. The highest BCUT2D eigenvalue weighted by atomic mass is 35.5. The van der Waals surface area contributed by atoms with Crippen molar-refractivity contribution in [3.8, 4) is 0 Å². The fraction of sp³-hybridized carbons (Fsp3) is 0.333. The Morgan fingerprint density at radius 1 is 1.37 bits per heavy atom. The Morgan fingerprint density at radius 2 is 2.05 bits per heavy atom. The summed E-state index contributed by atoms with van der Waals surface area (Å²) in [4.78, 5) is 23.6. The number of amides is 3. The van der Waals surface area contributed by atoms with Crippen LogP contribution in [0.1, 0.15) is 12.0 Å². The minimum absolute atomic E-state index is 0.178. The molecule has 0 spiro atoms. The number of imide groups is 1. The van der Waals surface area contributed by atoms with E-state index in [0.717, 1.165) is 5.56 Å². The lowest BCUT2D eigenvalue weighted by Crippen LogP contribution is -2.36. The van der Waals surface area contributed by atoms with Gasteiger partial charge in [-0.1, -0.05) is 35.3 Å². The molecule has 1 aromatic rings. The van der Waals surface area contributed by atoms with Gasteiger partial charge in [-0.15, -0.1) is 0 Å². The first-order valence-corrected chi connectivity index (χ1v) is 6.36. The molecule has 104 valence electrons. The van der Waals surface area contributed by atoms with Gasteiger partial charge in [0.05, 0.1) is 10.0 Å². The molecule has 0 heterocycles. The number of hydrogen-bond donors (Lipinski definition) is 2. The molecule has 0 aliphatic rings. The van der Waals surface area contributed by atoms with Crippen LogP contribution in [-0.2, 0) is 11.3 Å².